The van der Waals surface area contributed by atoms with Crippen LogP contribution >= 0.6 is 0 Å². The average molecular weight is 251 g/mol. The normalized spacial score (nSPS) is 9.32. The van der Waals surface area contributed by atoms with Crippen molar-refractivity contribution < 1.29 is 9.90 Å². The van der Waals surface area contributed by atoms with Crippen molar-refractivity contribution in [2.24, 2.45) is 0 Å². The zero-order chi connectivity index (χ0) is 13.7. The van der Waals surface area contributed by atoms with Gasteiger partial charge in [-0.1, -0.05) is 24.1 Å². The maximum Gasteiger partial charge on any atom is 0.300 e. The van der Waals surface area contributed by atoms with Gasteiger partial charge in [0.2, 0.25) is 0 Å². The first-order valence-electron chi connectivity index (χ1n) is 5.83. The number of aromatic hydroxyl groups is 1. The molecule has 0 fully saturated rings. The summed E-state index contributed by atoms with van der Waals surface area (Å²) >= 11 is 0. The summed E-state index contributed by atoms with van der Waals surface area (Å²) in [4.78, 5) is 11.7. The Morgan fingerprint density at radius 3 is 2.58 bits per heavy atom. The van der Waals surface area contributed by atoms with E-state index in [0.717, 1.165) is 11.1 Å². The van der Waals surface area contributed by atoms with Crippen molar-refractivity contribution in [2.45, 2.75) is 6.92 Å². The molecule has 19 heavy (non-hydrogen) atoms. The van der Waals surface area contributed by atoms with E-state index in [1.54, 1.807) is 19.1 Å². The third kappa shape index (κ3) is 3.62. The van der Waals surface area contributed by atoms with Crippen LogP contribution in [0.3, 0.4) is 0 Å². The minimum atomic E-state index is -0.377. The maximum absolute atomic E-state index is 11.7. The average Bonchev–Trinajstić information content (AvgIpc) is 2.41. The van der Waals surface area contributed by atoms with Gasteiger partial charge >= 0.3 is 5.91 Å². The number of benzene rings is 2. The monoisotopic (exact) mass is 251 g/mol. The SMILES string of the molecule is Cc1cc(O)ccc1NC(=O)C#Cc1ccccc1. The zero-order valence-corrected chi connectivity index (χ0v) is 10.5. The fourth-order valence-corrected chi connectivity index (χ4v) is 1.59. The van der Waals surface area contributed by atoms with E-state index in [-0.39, 0.29) is 11.7 Å². The molecule has 0 bridgehead atoms. The van der Waals surface area contributed by atoms with Gasteiger partial charge in [0.1, 0.15) is 5.75 Å². The number of nitrogens with one attached hydrogen (secondary N) is 1. The number of amides is 1. The molecule has 0 heterocycles. The molecule has 1 amide bonds. The fraction of sp³-hybridized carbons (Fsp3) is 0.0625. The second-order valence-corrected chi connectivity index (χ2v) is 4.07. The largest absolute Gasteiger partial charge is 0.508 e. The van der Waals surface area contributed by atoms with Crippen LogP contribution in [-0.4, -0.2) is 11.0 Å². The summed E-state index contributed by atoms with van der Waals surface area (Å²) in [5.74, 6) is 5.11. The highest BCUT2D eigenvalue weighted by atomic mass is 16.3. The number of hydrogen-bond acceptors (Lipinski definition) is 2. The third-order valence-corrected chi connectivity index (χ3v) is 2.55. The summed E-state index contributed by atoms with van der Waals surface area (Å²) < 4.78 is 0. The lowest BCUT2D eigenvalue weighted by Crippen LogP contribution is -2.09. The van der Waals surface area contributed by atoms with Crippen LogP contribution in [0.25, 0.3) is 0 Å². The molecule has 2 aromatic rings. The summed E-state index contributed by atoms with van der Waals surface area (Å²) in [6, 6.07) is 14.1. The van der Waals surface area contributed by atoms with E-state index in [1.165, 1.54) is 6.07 Å². The van der Waals surface area contributed by atoms with Gasteiger partial charge in [0, 0.05) is 17.2 Å². The van der Waals surface area contributed by atoms with Gasteiger partial charge in [-0.2, -0.15) is 0 Å². The van der Waals surface area contributed by atoms with Crippen LogP contribution in [0.2, 0.25) is 0 Å². The molecule has 0 aromatic heterocycles. The minimum absolute atomic E-state index is 0.172. The van der Waals surface area contributed by atoms with E-state index in [9.17, 15) is 9.90 Å². The van der Waals surface area contributed by atoms with E-state index in [4.69, 9.17) is 0 Å². The molecule has 0 spiro atoms. The van der Waals surface area contributed by atoms with Crippen LogP contribution in [-0.2, 0) is 4.79 Å². The van der Waals surface area contributed by atoms with Crippen molar-refractivity contribution in [1.82, 2.24) is 0 Å². The van der Waals surface area contributed by atoms with Gasteiger partial charge in [0.25, 0.3) is 0 Å². The van der Waals surface area contributed by atoms with Gasteiger partial charge in [-0.3, -0.25) is 4.79 Å². The van der Waals surface area contributed by atoms with Crippen molar-refractivity contribution in [2.75, 3.05) is 5.32 Å². The lowest BCUT2D eigenvalue weighted by molar-refractivity contribution is -0.111. The molecule has 2 aromatic carbocycles. The molecule has 3 heteroatoms. The van der Waals surface area contributed by atoms with Gasteiger partial charge in [-0.05, 0) is 42.8 Å². The first kappa shape index (κ1) is 12.7. The van der Waals surface area contributed by atoms with Crippen LogP contribution in [0, 0.1) is 18.8 Å². The summed E-state index contributed by atoms with van der Waals surface area (Å²) in [5, 5.41) is 12.0. The van der Waals surface area contributed by atoms with Gasteiger partial charge in [0.05, 0.1) is 0 Å². The van der Waals surface area contributed by atoms with Crippen LogP contribution in [0.4, 0.5) is 5.69 Å². The Bertz CT molecular complexity index is 651. The minimum Gasteiger partial charge on any atom is -0.508 e. The van der Waals surface area contributed by atoms with Crippen molar-refractivity contribution in [3.63, 3.8) is 0 Å². The van der Waals surface area contributed by atoms with Crippen LogP contribution in [0.1, 0.15) is 11.1 Å². The number of carbonyl (C=O) groups is 1. The lowest BCUT2D eigenvalue weighted by Gasteiger charge is -2.05. The number of rotatable bonds is 1. The molecule has 0 aliphatic rings. The van der Waals surface area contributed by atoms with E-state index in [0.29, 0.717) is 5.69 Å². The van der Waals surface area contributed by atoms with Gasteiger partial charge in [0.15, 0.2) is 0 Å². The quantitative estimate of drug-likeness (QED) is 0.604. The Hall–Kier alpha value is -2.73. The van der Waals surface area contributed by atoms with Gasteiger partial charge in [-0.15, -0.1) is 0 Å². The summed E-state index contributed by atoms with van der Waals surface area (Å²) in [6.45, 7) is 1.81. The van der Waals surface area contributed by atoms with Crippen LogP contribution < -0.4 is 5.32 Å². The molecule has 2 N–H and O–H groups in total. The maximum atomic E-state index is 11.7. The molecular weight excluding hydrogens is 238 g/mol. The molecule has 0 saturated heterocycles. The first-order chi connectivity index (χ1) is 9.15. The highest BCUT2D eigenvalue weighted by Crippen LogP contribution is 2.19. The van der Waals surface area contributed by atoms with E-state index >= 15 is 0 Å². The molecule has 2 rings (SSSR count). The second-order valence-electron chi connectivity index (χ2n) is 4.07. The van der Waals surface area contributed by atoms with Gasteiger partial charge < -0.3 is 10.4 Å². The summed E-state index contributed by atoms with van der Waals surface area (Å²) in [7, 11) is 0. The standard InChI is InChI=1S/C16H13NO2/c1-12-11-14(18)8-9-15(12)17-16(19)10-7-13-5-3-2-4-6-13/h2-6,8-9,11,18H,1H3,(H,17,19). The number of phenols is 1. The predicted octanol–water partition coefficient (Wildman–Crippen LogP) is 2.69. The highest BCUT2D eigenvalue weighted by Gasteiger charge is 2.02. The van der Waals surface area contributed by atoms with E-state index < -0.39 is 0 Å². The number of aryl methyl sites for hydroxylation is 1. The van der Waals surface area contributed by atoms with Crippen molar-refractivity contribution in [3.05, 3.63) is 59.7 Å². The fourth-order valence-electron chi connectivity index (χ4n) is 1.59. The number of hydrogen-bond donors (Lipinski definition) is 2. The molecule has 0 saturated carbocycles. The number of carbonyl (C=O) groups excluding carboxylic acids is 1. The van der Waals surface area contributed by atoms with E-state index in [2.05, 4.69) is 17.2 Å². The molecule has 0 aliphatic heterocycles. The van der Waals surface area contributed by atoms with Gasteiger partial charge in [-0.25, -0.2) is 0 Å². The molecule has 0 radical (unpaired) electrons. The van der Waals surface area contributed by atoms with Crippen LogP contribution in [0.5, 0.6) is 5.75 Å². The smallest absolute Gasteiger partial charge is 0.300 e. The van der Waals surface area contributed by atoms with Crippen molar-refractivity contribution in [1.29, 1.82) is 0 Å². The Balaban J connectivity index is 2.08. The molecule has 94 valence electrons. The zero-order valence-electron chi connectivity index (χ0n) is 10.5. The molecule has 0 aliphatic carbocycles. The number of anilines is 1. The van der Waals surface area contributed by atoms with Crippen molar-refractivity contribution in [3.8, 4) is 17.6 Å². The highest BCUT2D eigenvalue weighted by molar-refractivity contribution is 6.04. The van der Waals surface area contributed by atoms with E-state index in [1.807, 2.05) is 30.3 Å². The lowest BCUT2D eigenvalue weighted by atomic mass is 10.2. The number of phenolic OH excluding ortho intramolecular Hbond substituents is 1. The molecule has 0 unspecified atom stereocenters. The third-order valence-electron chi connectivity index (χ3n) is 2.55. The first-order valence-corrected chi connectivity index (χ1v) is 5.83. The molecule has 3 nitrogen and oxygen atoms in total. The Morgan fingerprint density at radius 2 is 1.89 bits per heavy atom. The molecule has 0 atom stereocenters. The Labute approximate surface area is 111 Å². The summed E-state index contributed by atoms with van der Waals surface area (Å²) in [6.07, 6.45) is 0. The molecular formula is C16H13NO2. The van der Waals surface area contributed by atoms with Crippen LogP contribution in [0.15, 0.2) is 48.5 Å². The van der Waals surface area contributed by atoms with Crippen molar-refractivity contribution >= 4 is 11.6 Å². The second kappa shape index (κ2) is 5.74. The topological polar surface area (TPSA) is 49.3 Å². The Morgan fingerprint density at radius 1 is 1.16 bits per heavy atom. The Kier molecular flexibility index (Phi) is 3.84. The summed E-state index contributed by atoms with van der Waals surface area (Å²) in [5.41, 5.74) is 2.22. The predicted molar refractivity (Wildman–Crippen MR) is 74.8 cm³/mol.